The van der Waals surface area contributed by atoms with Gasteiger partial charge < -0.3 is 4.74 Å². The molecule has 0 unspecified atom stereocenters. The molecule has 4 rings (SSSR count). The second-order valence-electron chi connectivity index (χ2n) is 6.54. The Labute approximate surface area is 177 Å². The van der Waals surface area contributed by atoms with Crippen molar-refractivity contribution in [3.63, 3.8) is 0 Å². The molecular weight excluding hydrogens is 403 g/mol. The van der Waals surface area contributed by atoms with Gasteiger partial charge in [-0.1, -0.05) is 42.5 Å². The fourth-order valence-corrected chi connectivity index (χ4v) is 3.63. The molecule has 1 fully saturated rings. The van der Waals surface area contributed by atoms with Crippen molar-refractivity contribution in [3.8, 4) is 5.75 Å². The molecule has 0 bridgehead atoms. The average molecular weight is 420 g/mol. The topological polar surface area (TPSA) is 58.6 Å². The van der Waals surface area contributed by atoms with E-state index >= 15 is 0 Å². The minimum absolute atomic E-state index is 0.0265. The number of carbonyl (C=O) groups excluding carboxylic acids is 2. The van der Waals surface area contributed by atoms with Crippen molar-refractivity contribution < 1.29 is 18.7 Å². The normalized spacial score (nSPS) is 15.6. The van der Waals surface area contributed by atoms with E-state index in [9.17, 15) is 14.0 Å². The number of halogens is 1. The number of hydrogen-bond donors (Lipinski definition) is 1. The number of para-hydroxylation sites is 1. The molecule has 1 aliphatic rings. The van der Waals surface area contributed by atoms with Crippen molar-refractivity contribution in [2.45, 2.75) is 6.92 Å². The molecule has 0 aromatic heterocycles. The van der Waals surface area contributed by atoms with Gasteiger partial charge in [0.2, 0.25) is 0 Å². The molecule has 0 radical (unpaired) electrons. The maximum Gasteiger partial charge on any atom is 0.270 e. The SMILES string of the molecule is CCOc1ccc2ccccc2c1/C=C1\C(=O)NC(=S)N(c2ccccc2F)C1=O. The third-order valence-corrected chi connectivity index (χ3v) is 5.00. The summed E-state index contributed by atoms with van der Waals surface area (Å²) >= 11 is 5.14. The monoisotopic (exact) mass is 420 g/mol. The minimum atomic E-state index is -0.704. The average Bonchev–Trinajstić information content (AvgIpc) is 2.73. The quantitative estimate of drug-likeness (QED) is 0.390. The Hall–Kier alpha value is -3.58. The maximum atomic E-state index is 14.3. The van der Waals surface area contributed by atoms with Crippen molar-refractivity contribution in [1.82, 2.24) is 5.32 Å². The lowest BCUT2D eigenvalue weighted by atomic mass is 9.99. The van der Waals surface area contributed by atoms with Gasteiger partial charge >= 0.3 is 0 Å². The largest absolute Gasteiger partial charge is 0.493 e. The van der Waals surface area contributed by atoms with Gasteiger partial charge in [0.15, 0.2) is 5.11 Å². The highest BCUT2D eigenvalue weighted by Gasteiger charge is 2.36. The van der Waals surface area contributed by atoms with Crippen LogP contribution >= 0.6 is 12.2 Å². The molecule has 7 heteroatoms. The Morgan fingerprint density at radius 1 is 1.07 bits per heavy atom. The zero-order chi connectivity index (χ0) is 21.3. The van der Waals surface area contributed by atoms with Gasteiger partial charge in [-0.3, -0.25) is 14.9 Å². The van der Waals surface area contributed by atoms with E-state index in [1.807, 2.05) is 37.3 Å². The second-order valence-corrected chi connectivity index (χ2v) is 6.93. The summed E-state index contributed by atoms with van der Waals surface area (Å²) in [6.45, 7) is 2.27. The van der Waals surface area contributed by atoms with Crippen LogP contribution in [0.5, 0.6) is 5.75 Å². The first-order chi connectivity index (χ1) is 14.5. The van der Waals surface area contributed by atoms with Crippen LogP contribution in [0.4, 0.5) is 10.1 Å². The zero-order valence-corrected chi connectivity index (χ0v) is 16.8. The molecule has 3 aromatic carbocycles. The molecule has 0 atom stereocenters. The Morgan fingerprint density at radius 2 is 1.80 bits per heavy atom. The Bertz CT molecular complexity index is 1220. The van der Waals surface area contributed by atoms with Crippen molar-refractivity contribution in [2.24, 2.45) is 0 Å². The highest BCUT2D eigenvalue weighted by atomic mass is 32.1. The summed E-state index contributed by atoms with van der Waals surface area (Å²) in [5, 5.41) is 4.06. The molecule has 1 heterocycles. The number of nitrogens with zero attached hydrogens (tertiary/aromatic N) is 1. The molecular formula is C23H17FN2O3S. The van der Waals surface area contributed by atoms with Crippen LogP contribution in [0.25, 0.3) is 16.8 Å². The van der Waals surface area contributed by atoms with Gasteiger partial charge in [0, 0.05) is 5.56 Å². The van der Waals surface area contributed by atoms with Crippen LogP contribution in [-0.4, -0.2) is 23.5 Å². The van der Waals surface area contributed by atoms with E-state index in [0.29, 0.717) is 17.9 Å². The number of hydrogen-bond acceptors (Lipinski definition) is 4. The van der Waals surface area contributed by atoms with Crippen molar-refractivity contribution in [1.29, 1.82) is 0 Å². The summed E-state index contributed by atoms with van der Waals surface area (Å²) in [5.74, 6) is -1.43. The van der Waals surface area contributed by atoms with Gasteiger partial charge in [0.25, 0.3) is 11.8 Å². The predicted octanol–water partition coefficient (Wildman–Crippen LogP) is 4.21. The summed E-state index contributed by atoms with van der Waals surface area (Å²) in [6, 6.07) is 17.0. The molecule has 1 aliphatic heterocycles. The summed E-state index contributed by atoms with van der Waals surface area (Å²) in [6.07, 6.45) is 1.47. The zero-order valence-electron chi connectivity index (χ0n) is 16.0. The molecule has 0 saturated carbocycles. The maximum absolute atomic E-state index is 14.3. The number of thiocarbonyl (C=S) groups is 1. The lowest BCUT2D eigenvalue weighted by Crippen LogP contribution is -2.54. The molecule has 30 heavy (non-hydrogen) atoms. The van der Waals surface area contributed by atoms with Crippen LogP contribution in [0, 0.1) is 5.82 Å². The summed E-state index contributed by atoms with van der Waals surface area (Å²) < 4.78 is 20.1. The molecule has 5 nitrogen and oxygen atoms in total. The first kappa shape index (κ1) is 19.7. The van der Waals surface area contributed by atoms with Gasteiger partial charge in [-0.15, -0.1) is 0 Å². The van der Waals surface area contributed by atoms with E-state index in [4.69, 9.17) is 17.0 Å². The summed E-state index contributed by atoms with van der Waals surface area (Å²) in [4.78, 5) is 26.8. The number of anilines is 1. The van der Waals surface area contributed by atoms with Gasteiger partial charge in [-0.2, -0.15) is 0 Å². The Morgan fingerprint density at radius 3 is 2.57 bits per heavy atom. The minimum Gasteiger partial charge on any atom is -0.493 e. The lowest BCUT2D eigenvalue weighted by molar-refractivity contribution is -0.122. The van der Waals surface area contributed by atoms with E-state index in [1.54, 1.807) is 12.1 Å². The second kappa shape index (κ2) is 8.04. The van der Waals surface area contributed by atoms with E-state index in [2.05, 4.69) is 5.32 Å². The predicted molar refractivity (Wildman–Crippen MR) is 118 cm³/mol. The molecule has 150 valence electrons. The van der Waals surface area contributed by atoms with Crippen molar-refractivity contribution in [2.75, 3.05) is 11.5 Å². The third-order valence-electron chi connectivity index (χ3n) is 4.71. The first-order valence-corrected chi connectivity index (χ1v) is 9.72. The van der Waals surface area contributed by atoms with Crippen LogP contribution < -0.4 is 15.0 Å². The highest BCUT2D eigenvalue weighted by molar-refractivity contribution is 7.80. The van der Waals surface area contributed by atoms with Crippen LogP contribution in [0.2, 0.25) is 0 Å². The number of rotatable bonds is 4. The lowest BCUT2D eigenvalue weighted by Gasteiger charge is -2.29. The molecule has 1 N–H and O–H groups in total. The fraction of sp³-hybridized carbons (Fsp3) is 0.0870. The summed E-state index contributed by atoms with van der Waals surface area (Å²) in [5.41, 5.74) is 0.403. The first-order valence-electron chi connectivity index (χ1n) is 9.31. The number of benzene rings is 3. The van der Waals surface area contributed by atoms with E-state index in [1.165, 1.54) is 24.3 Å². The number of carbonyl (C=O) groups is 2. The van der Waals surface area contributed by atoms with Gasteiger partial charge in [-0.25, -0.2) is 9.29 Å². The molecule has 2 amide bonds. The van der Waals surface area contributed by atoms with Crippen molar-refractivity contribution in [3.05, 3.63) is 77.6 Å². The van der Waals surface area contributed by atoms with Crippen LogP contribution in [0.15, 0.2) is 66.2 Å². The summed E-state index contributed by atoms with van der Waals surface area (Å²) in [7, 11) is 0. The van der Waals surface area contributed by atoms with E-state index in [-0.39, 0.29) is 16.4 Å². The van der Waals surface area contributed by atoms with Crippen molar-refractivity contribution >= 4 is 51.7 Å². The van der Waals surface area contributed by atoms with E-state index in [0.717, 1.165) is 15.7 Å². The van der Waals surface area contributed by atoms with Gasteiger partial charge in [0.1, 0.15) is 17.1 Å². The fourth-order valence-electron chi connectivity index (χ4n) is 3.36. The number of ether oxygens (including phenoxy) is 1. The Balaban J connectivity index is 1.88. The molecule has 0 aliphatic carbocycles. The molecule has 0 spiro atoms. The number of nitrogens with one attached hydrogen (secondary N) is 1. The van der Waals surface area contributed by atoms with Gasteiger partial charge in [0.05, 0.1) is 12.3 Å². The van der Waals surface area contributed by atoms with Gasteiger partial charge in [-0.05, 0) is 54.2 Å². The van der Waals surface area contributed by atoms with Crippen LogP contribution in [0.1, 0.15) is 12.5 Å². The Kier molecular flexibility index (Phi) is 5.29. The number of amides is 2. The standard InChI is InChI=1S/C23H17FN2O3S/c1-2-29-20-12-11-14-7-3-4-8-15(14)16(20)13-17-21(27)25-23(30)26(22(17)28)19-10-6-5-9-18(19)24/h3-13H,2H2,1H3,(H,25,27,30)/b17-13+. The molecule has 1 saturated heterocycles. The third kappa shape index (κ3) is 3.44. The molecule has 3 aromatic rings. The van der Waals surface area contributed by atoms with Crippen LogP contribution in [0.3, 0.4) is 0 Å². The number of fused-ring (bicyclic) bond motifs is 1. The van der Waals surface area contributed by atoms with E-state index < -0.39 is 17.6 Å². The highest BCUT2D eigenvalue weighted by Crippen LogP contribution is 2.32. The van der Waals surface area contributed by atoms with Crippen LogP contribution in [-0.2, 0) is 9.59 Å². The smallest absolute Gasteiger partial charge is 0.270 e.